The molecule has 1 saturated heterocycles. The molecule has 1 N–H and O–H groups in total. The number of pyridine rings is 1. The number of benzene rings is 1. The Morgan fingerprint density at radius 2 is 1.96 bits per heavy atom. The molecule has 1 aromatic heterocycles. The van der Waals surface area contributed by atoms with Crippen molar-refractivity contribution in [2.75, 3.05) is 31.1 Å². The van der Waals surface area contributed by atoms with Crippen LogP contribution in [-0.2, 0) is 13.0 Å². The van der Waals surface area contributed by atoms with Crippen LogP contribution in [0.25, 0.3) is 0 Å². The molecule has 4 rings (SSSR count). The van der Waals surface area contributed by atoms with E-state index in [2.05, 4.69) is 51.2 Å². The summed E-state index contributed by atoms with van der Waals surface area (Å²) < 4.78 is 0. The molecule has 132 valence electrons. The van der Waals surface area contributed by atoms with E-state index in [1.165, 1.54) is 29.5 Å². The first-order valence-corrected chi connectivity index (χ1v) is 9.48. The molecular formula is C21H27N3O. The normalized spacial score (nSPS) is 19.6. The summed E-state index contributed by atoms with van der Waals surface area (Å²) >= 11 is 0. The van der Waals surface area contributed by atoms with Crippen molar-refractivity contribution < 1.29 is 5.11 Å². The lowest BCUT2D eigenvalue weighted by Crippen LogP contribution is -2.30. The number of hydrogen-bond acceptors (Lipinski definition) is 4. The number of aryl methyl sites for hydroxylation is 1. The van der Waals surface area contributed by atoms with Gasteiger partial charge in [0.15, 0.2) is 0 Å². The maximum atomic E-state index is 9.55. The topological polar surface area (TPSA) is 39.6 Å². The van der Waals surface area contributed by atoms with Gasteiger partial charge in [-0.15, -0.1) is 0 Å². The number of fused-ring (bicyclic) bond motifs is 1. The van der Waals surface area contributed by atoms with E-state index in [1.807, 2.05) is 6.20 Å². The fourth-order valence-electron chi connectivity index (χ4n) is 4.27. The van der Waals surface area contributed by atoms with Crippen molar-refractivity contribution in [2.24, 2.45) is 0 Å². The third kappa shape index (κ3) is 3.55. The van der Waals surface area contributed by atoms with Crippen LogP contribution < -0.4 is 4.90 Å². The minimum atomic E-state index is 0.192. The van der Waals surface area contributed by atoms with Gasteiger partial charge in [-0.3, -0.25) is 4.90 Å². The van der Waals surface area contributed by atoms with Crippen molar-refractivity contribution >= 4 is 5.82 Å². The quantitative estimate of drug-likeness (QED) is 0.879. The number of aliphatic hydroxyl groups is 1. The maximum Gasteiger partial charge on any atom is 0.128 e. The lowest BCUT2D eigenvalue weighted by Gasteiger charge is -2.29. The van der Waals surface area contributed by atoms with Crippen LogP contribution in [0.15, 0.2) is 42.6 Å². The number of rotatable bonds is 6. The van der Waals surface area contributed by atoms with E-state index in [4.69, 9.17) is 0 Å². The van der Waals surface area contributed by atoms with Gasteiger partial charge in [-0.25, -0.2) is 4.98 Å². The van der Waals surface area contributed by atoms with Crippen molar-refractivity contribution in [2.45, 2.75) is 38.3 Å². The molecule has 2 aromatic rings. The molecule has 1 atom stereocenters. The second-order valence-corrected chi connectivity index (χ2v) is 7.17. The first-order valence-electron chi connectivity index (χ1n) is 9.48. The molecule has 0 amide bonds. The van der Waals surface area contributed by atoms with Gasteiger partial charge < -0.3 is 10.0 Å². The van der Waals surface area contributed by atoms with Gasteiger partial charge in [-0.2, -0.15) is 0 Å². The van der Waals surface area contributed by atoms with E-state index >= 15 is 0 Å². The Balaban J connectivity index is 1.48. The van der Waals surface area contributed by atoms with Crippen LogP contribution in [0.4, 0.5) is 5.82 Å². The summed E-state index contributed by atoms with van der Waals surface area (Å²) in [4.78, 5) is 9.45. The molecule has 1 aliphatic heterocycles. The average molecular weight is 337 g/mol. The Morgan fingerprint density at radius 1 is 1.12 bits per heavy atom. The molecule has 1 fully saturated rings. The number of anilines is 1. The summed E-state index contributed by atoms with van der Waals surface area (Å²) in [7, 11) is 0. The van der Waals surface area contributed by atoms with Crippen LogP contribution in [0.3, 0.4) is 0 Å². The highest BCUT2D eigenvalue weighted by atomic mass is 16.3. The largest absolute Gasteiger partial charge is 0.395 e. The Labute approximate surface area is 150 Å². The molecule has 4 heteroatoms. The van der Waals surface area contributed by atoms with Crippen molar-refractivity contribution in [3.05, 3.63) is 59.3 Å². The first-order chi connectivity index (χ1) is 12.3. The minimum Gasteiger partial charge on any atom is -0.395 e. The lowest BCUT2D eigenvalue weighted by molar-refractivity contribution is 0.142. The molecule has 0 bridgehead atoms. The third-order valence-electron chi connectivity index (χ3n) is 5.55. The maximum absolute atomic E-state index is 9.55. The summed E-state index contributed by atoms with van der Waals surface area (Å²) in [5.41, 5.74) is 4.11. The summed E-state index contributed by atoms with van der Waals surface area (Å²) in [5.74, 6) is 1.10. The molecule has 1 aromatic carbocycles. The summed E-state index contributed by atoms with van der Waals surface area (Å²) in [6.07, 6.45) is 6.83. The van der Waals surface area contributed by atoms with Gasteiger partial charge in [0.1, 0.15) is 5.82 Å². The minimum absolute atomic E-state index is 0.192. The Kier molecular flexibility index (Phi) is 4.99. The molecule has 2 aliphatic rings. The highest BCUT2D eigenvalue weighted by molar-refractivity contribution is 5.40. The van der Waals surface area contributed by atoms with Crippen LogP contribution in [0.5, 0.6) is 0 Å². The fourth-order valence-corrected chi connectivity index (χ4v) is 4.27. The third-order valence-corrected chi connectivity index (χ3v) is 5.55. The summed E-state index contributed by atoms with van der Waals surface area (Å²) in [6, 6.07) is 13.5. The SMILES string of the molecule is OCCN(Cc1ccc(N2CCCC2)nc1)C1CCc2ccccc21. The summed E-state index contributed by atoms with van der Waals surface area (Å²) in [5, 5.41) is 9.55. The molecule has 4 nitrogen and oxygen atoms in total. The summed E-state index contributed by atoms with van der Waals surface area (Å²) in [6.45, 7) is 3.99. The van der Waals surface area contributed by atoms with E-state index < -0.39 is 0 Å². The van der Waals surface area contributed by atoms with E-state index in [0.29, 0.717) is 12.6 Å². The standard InChI is InChI=1S/C21H27N3O/c25-14-13-24(20-9-8-18-5-1-2-6-19(18)20)16-17-7-10-21(22-15-17)23-11-3-4-12-23/h1-2,5-7,10,15,20,25H,3-4,8-9,11-14,16H2. The molecule has 0 radical (unpaired) electrons. The number of hydrogen-bond donors (Lipinski definition) is 1. The van der Waals surface area contributed by atoms with Crippen LogP contribution in [0.2, 0.25) is 0 Å². The molecule has 0 spiro atoms. The zero-order valence-corrected chi connectivity index (χ0v) is 14.8. The second kappa shape index (κ2) is 7.54. The van der Waals surface area contributed by atoms with Gasteiger partial charge in [-0.1, -0.05) is 30.3 Å². The Morgan fingerprint density at radius 3 is 2.72 bits per heavy atom. The molecule has 1 unspecified atom stereocenters. The zero-order valence-electron chi connectivity index (χ0n) is 14.8. The highest BCUT2D eigenvalue weighted by Gasteiger charge is 2.27. The highest BCUT2D eigenvalue weighted by Crippen LogP contribution is 2.36. The van der Waals surface area contributed by atoms with Gasteiger partial charge in [-0.05, 0) is 48.4 Å². The van der Waals surface area contributed by atoms with Gasteiger partial charge in [0.05, 0.1) is 6.61 Å². The van der Waals surface area contributed by atoms with E-state index in [0.717, 1.165) is 38.3 Å². The predicted molar refractivity (Wildman–Crippen MR) is 101 cm³/mol. The molecule has 0 saturated carbocycles. The molecule has 25 heavy (non-hydrogen) atoms. The van der Waals surface area contributed by atoms with Crippen LogP contribution >= 0.6 is 0 Å². The first kappa shape index (κ1) is 16.6. The molecule has 2 heterocycles. The zero-order chi connectivity index (χ0) is 17.1. The van der Waals surface area contributed by atoms with Gasteiger partial charge in [0.25, 0.3) is 0 Å². The van der Waals surface area contributed by atoms with Crippen LogP contribution in [0, 0.1) is 0 Å². The molecule has 1 aliphatic carbocycles. The Hall–Kier alpha value is -1.91. The number of aromatic nitrogens is 1. The molecular weight excluding hydrogens is 310 g/mol. The second-order valence-electron chi connectivity index (χ2n) is 7.17. The predicted octanol–water partition coefficient (Wildman–Crippen LogP) is 3.16. The van der Waals surface area contributed by atoms with Crippen molar-refractivity contribution in [3.63, 3.8) is 0 Å². The van der Waals surface area contributed by atoms with E-state index in [9.17, 15) is 5.11 Å². The van der Waals surface area contributed by atoms with Gasteiger partial charge in [0.2, 0.25) is 0 Å². The number of nitrogens with zero attached hydrogens (tertiary/aromatic N) is 3. The smallest absolute Gasteiger partial charge is 0.128 e. The Bertz CT molecular complexity index is 695. The van der Waals surface area contributed by atoms with Crippen LogP contribution in [0.1, 0.15) is 42.0 Å². The van der Waals surface area contributed by atoms with Crippen molar-refractivity contribution in [1.29, 1.82) is 0 Å². The van der Waals surface area contributed by atoms with Crippen molar-refractivity contribution in [3.8, 4) is 0 Å². The lowest BCUT2D eigenvalue weighted by atomic mass is 10.1. The fraction of sp³-hybridized carbons (Fsp3) is 0.476. The van der Waals surface area contributed by atoms with Crippen LogP contribution in [-0.4, -0.2) is 41.2 Å². The average Bonchev–Trinajstić information content (AvgIpc) is 3.32. The number of aliphatic hydroxyl groups excluding tert-OH is 1. The van der Waals surface area contributed by atoms with Gasteiger partial charge in [0, 0.05) is 38.4 Å². The van der Waals surface area contributed by atoms with E-state index in [1.54, 1.807) is 0 Å². The van der Waals surface area contributed by atoms with Crippen molar-refractivity contribution in [1.82, 2.24) is 9.88 Å². The van der Waals surface area contributed by atoms with Gasteiger partial charge >= 0.3 is 0 Å². The van der Waals surface area contributed by atoms with E-state index in [-0.39, 0.29) is 6.61 Å². The monoisotopic (exact) mass is 337 g/mol.